The van der Waals surface area contributed by atoms with Crippen LogP contribution in [0.4, 0.5) is 5.82 Å². The monoisotopic (exact) mass is 349 g/mol. The molecule has 4 nitrogen and oxygen atoms in total. The van der Waals surface area contributed by atoms with E-state index in [1.165, 1.54) is 0 Å². The van der Waals surface area contributed by atoms with E-state index in [4.69, 9.17) is 0 Å². The Kier molecular flexibility index (Phi) is 4.96. The van der Waals surface area contributed by atoms with Crippen molar-refractivity contribution in [2.45, 2.75) is 32.3 Å². The Morgan fingerprint density at radius 2 is 1.86 bits per heavy atom. The number of hydrogen-bond donors (Lipinski definition) is 2. The maximum atomic E-state index is 10.2. The summed E-state index contributed by atoms with van der Waals surface area (Å²) in [6.45, 7) is 6.60. The minimum absolute atomic E-state index is 0.127. The minimum atomic E-state index is -0.571. The van der Waals surface area contributed by atoms with E-state index in [0.717, 1.165) is 16.0 Å². The third kappa shape index (κ3) is 4.51. The molecule has 1 aromatic heterocycles. The molecule has 0 aliphatic rings. The highest BCUT2D eigenvalue weighted by Gasteiger charge is 2.19. The van der Waals surface area contributed by atoms with Gasteiger partial charge in [0, 0.05) is 18.0 Å². The lowest BCUT2D eigenvalue weighted by Crippen LogP contribution is -2.19. The van der Waals surface area contributed by atoms with E-state index in [9.17, 15) is 5.11 Å². The molecule has 0 fully saturated rings. The van der Waals surface area contributed by atoms with E-state index < -0.39 is 6.10 Å². The van der Waals surface area contributed by atoms with Gasteiger partial charge in [0.25, 0.3) is 0 Å². The number of benzene rings is 1. The van der Waals surface area contributed by atoms with Crippen molar-refractivity contribution in [3.8, 4) is 0 Å². The number of nitrogens with zero attached hydrogens (tertiary/aromatic N) is 2. The molecule has 1 aromatic carbocycles. The number of hydrogen-bond acceptors (Lipinski definition) is 4. The molecule has 0 saturated carbocycles. The summed E-state index contributed by atoms with van der Waals surface area (Å²) in [6, 6.07) is 11.4. The first-order valence-electron chi connectivity index (χ1n) is 6.88. The molecule has 0 aliphatic heterocycles. The van der Waals surface area contributed by atoms with Crippen molar-refractivity contribution in [1.82, 2.24) is 9.97 Å². The summed E-state index contributed by atoms with van der Waals surface area (Å²) in [4.78, 5) is 8.90. The molecule has 0 aliphatic carbocycles. The van der Waals surface area contributed by atoms with Gasteiger partial charge in [0.05, 0.1) is 6.10 Å². The van der Waals surface area contributed by atoms with Gasteiger partial charge in [-0.3, -0.25) is 0 Å². The normalized spacial score (nSPS) is 13.0. The summed E-state index contributed by atoms with van der Waals surface area (Å²) in [5, 5.41) is 13.3. The molecular formula is C16H20BrN3O. The predicted octanol–water partition coefficient (Wildman–Crippen LogP) is 3.68. The molecule has 0 spiro atoms. The molecule has 2 aromatic rings. The van der Waals surface area contributed by atoms with Crippen molar-refractivity contribution in [2.75, 3.05) is 11.9 Å². The number of aliphatic hydroxyl groups is 1. The molecule has 0 saturated heterocycles. The molecule has 21 heavy (non-hydrogen) atoms. The van der Waals surface area contributed by atoms with Gasteiger partial charge in [-0.2, -0.15) is 0 Å². The molecule has 1 unspecified atom stereocenters. The molecule has 2 rings (SSSR count). The van der Waals surface area contributed by atoms with E-state index in [-0.39, 0.29) is 5.41 Å². The zero-order valence-corrected chi connectivity index (χ0v) is 14.1. The van der Waals surface area contributed by atoms with Crippen LogP contribution in [0.5, 0.6) is 0 Å². The van der Waals surface area contributed by atoms with E-state index in [1.807, 2.05) is 36.4 Å². The van der Waals surface area contributed by atoms with Crippen LogP contribution in [-0.2, 0) is 5.41 Å². The highest BCUT2D eigenvalue weighted by Crippen LogP contribution is 2.23. The summed E-state index contributed by atoms with van der Waals surface area (Å²) in [7, 11) is 0. The number of anilines is 1. The average molecular weight is 350 g/mol. The Morgan fingerprint density at radius 1 is 1.19 bits per heavy atom. The van der Waals surface area contributed by atoms with Gasteiger partial charge in [-0.25, -0.2) is 9.97 Å². The van der Waals surface area contributed by atoms with Crippen LogP contribution in [0.15, 0.2) is 41.0 Å². The maximum Gasteiger partial charge on any atom is 0.137 e. The molecule has 1 atom stereocenters. The number of nitrogens with one attached hydrogen (secondary N) is 1. The molecule has 0 radical (unpaired) electrons. The molecule has 112 valence electrons. The topological polar surface area (TPSA) is 58.0 Å². The molecule has 5 heteroatoms. The van der Waals surface area contributed by atoms with Gasteiger partial charge in [0.15, 0.2) is 0 Å². The van der Waals surface area contributed by atoms with Gasteiger partial charge in [-0.05, 0) is 21.5 Å². The number of aromatic nitrogens is 2. The third-order valence-electron chi connectivity index (χ3n) is 3.03. The first-order chi connectivity index (χ1) is 9.86. The standard InChI is InChI=1S/C16H20BrN3O/c1-16(2,3)15-19-13(17)9-14(20-15)18-10-12(21)11-7-5-4-6-8-11/h4-9,12,21H,10H2,1-3H3,(H,18,19,20). The summed E-state index contributed by atoms with van der Waals surface area (Å²) >= 11 is 3.40. The molecule has 1 heterocycles. The summed E-state index contributed by atoms with van der Waals surface area (Å²) in [6.07, 6.45) is -0.571. The van der Waals surface area contributed by atoms with Crippen molar-refractivity contribution >= 4 is 21.7 Å². The smallest absolute Gasteiger partial charge is 0.137 e. The van der Waals surface area contributed by atoms with Crippen LogP contribution in [-0.4, -0.2) is 21.6 Å². The van der Waals surface area contributed by atoms with Gasteiger partial charge < -0.3 is 10.4 Å². The van der Waals surface area contributed by atoms with Crippen LogP contribution >= 0.6 is 15.9 Å². The lowest BCUT2D eigenvalue weighted by atomic mass is 9.96. The maximum absolute atomic E-state index is 10.2. The fraction of sp³-hybridized carbons (Fsp3) is 0.375. The fourth-order valence-electron chi connectivity index (χ4n) is 1.84. The van der Waals surface area contributed by atoms with Crippen LogP contribution in [0.1, 0.15) is 38.3 Å². The highest BCUT2D eigenvalue weighted by atomic mass is 79.9. The largest absolute Gasteiger partial charge is 0.387 e. The Balaban J connectivity index is 2.08. The van der Waals surface area contributed by atoms with Crippen LogP contribution in [0.3, 0.4) is 0 Å². The van der Waals surface area contributed by atoms with Gasteiger partial charge in [0.1, 0.15) is 16.2 Å². The van der Waals surface area contributed by atoms with Crippen LogP contribution < -0.4 is 5.32 Å². The van der Waals surface area contributed by atoms with Crippen LogP contribution in [0.2, 0.25) is 0 Å². The second kappa shape index (κ2) is 6.54. The lowest BCUT2D eigenvalue weighted by Gasteiger charge is -2.18. The number of halogens is 1. The summed E-state index contributed by atoms with van der Waals surface area (Å²) in [5.41, 5.74) is 0.757. The quantitative estimate of drug-likeness (QED) is 0.826. The zero-order valence-electron chi connectivity index (χ0n) is 12.5. The van der Waals surface area contributed by atoms with Gasteiger partial charge in [-0.15, -0.1) is 0 Å². The lowest BCUT2D eigenvalue weighted by molar-refractivity contribution is 0.191. The van der Waals surface area contributed by atoms with E-state index in [0.29, 0.717) is 12.4 Å². The number of rotatable bonds is 4. The van der Waals surface area contributed by atoms with Crippen molar-refractivity contribution in [3.05, 3.63) is 52.4 Å². The van der Waals surface area contributed by atoms with Crippen LogP contribution in [0, 0.1) is 0 Å². The van der Waals surface area contributed by atoms with Crippen molar-refractivity contribution < 1.29 is 5.11 Å². The van der Waals surface area contributed by atoms with E-state index >= 15 is 0 Å². The molecular weight excluding hydrogens is 330 g/mol. The van der Waals surface area contributed by atoms with E-state index in [2.05, 4.69) is 52.0 Å². The van der Waals surface area contributed by atoms with E-state index in [1.54, 1.807) is 0 Å². The van der Waals surface area contributed by atoms with Crippen molar-refractivity contribution in [2.24, 2.45) is 0 Å². The second-order valence-electron chi connectivity index (χ2n) is 5.96. The minimum Gasteiger partial charge on any atom is -0.387 e. The first-order valence-corrected chi connectivity index (χ1v) is 7.67. The number of aliphatic hydroxyl groups excluding tert-OH is 1. The molecule has 0 bridgehead atoms. The first kappa shape index (κ1) is 15.9. The summed E-state index contributed by atoms with van der Waals surface area (Å²) in [5.74, 6) is 1.46. The molecule has 2 N–H and O–H groups in total. The van der Waals surface area contributed by atoms with Gasteiger partial charge in [-0.1, -0.05) is 51.1 Å². The Labute approximate surface area is 133 Å². The third-order valence-corrected chi connectivity index (χ3v) is 3.43. The zero-order chi connectivity index (χ0) is 15.5. The SMILES string of the molecule is CC(C)(C)c1nc(Br)cc(NCC(O)c2ccccc2)n1. The van der Waals surface area contributed by atoms with Gasteiger partial charge >= 0.3 is 0 Å². The van der Waals surface area contributed by atoms with Crippen LogP contribution in [0.25, 0.3) is 0 Å². The Morgan fingerprint density at radius 3 is 2.48 bits per heavy atom. The Bertz CT molecular complexity index is 596. The average Bonchev–Trinajstić information content (AvgIpc) is 2.44. The van der Waals surface area contributed by atoms with Gasteiger partial charge in [0.2, 0.25) is 0 Å². The second-order valence-corrected chi connectivity index (χ2v) is 6.77. The fourth-order valence-corrected chi connectivity index (χ4v) is 2.22. The van der Waals surface area contributed by atoms with Crippen molar-refractivity contribution in [3.63, 3.8) is 0 Å². The Hall–Kier alpha value is -1.46. The highest BCUT2D eigenvalue weighted by molar-refractivity contribution is 9.10. The predicted molar refractivity (Wildman–Crippen MR) is 88.3 cm³/mol. The molecule has 0 amide bonds. The van der Waals surface area contributed by atoms with Crippen molar-refractivity contribution in [1.29, 1.82) is 0 Å². The summed E-state index contributed by atoms with van der Waals surface area (Å²) < 4.78 is 0.735.